The molecule has 1 heterocycles. The van der Waals surface area contributed by atoms with Gasteiger partial charge in [0.05, 0.1) is 10.9 Å². The molecule has 315 valence electrons. The molecule has 11 rings (SSSR count). The SMILES string of the molecule is CCCCCCc1cc(CCCCCC)cc(-c2ccc3c(c2)C2(c4ccccc4-c4ccccc42)c2cc(-c4cc5c6c(cccc6n4)C(C)(C)c4ccccc4-5)[c-]cc2-3)c1.[Ir]. The van der Waals surface area contributed by atoms with Gasteiger partial charge in [-0.05, 0) is 116 Å². The Morgan fingerprint density at radius 2 is 1.03 bits per heavy atom. The maximum Gasteiger partial charge on any atom is 0.0604 e. The molecule has 0 amide bonds. The van der Waals surface area contributed by atoms with Gasteiger partial charge in [-0.3, -0.25) is 4.98 Å². The van der Waals surface area contributed by atoms with E-state index in [1.54, 1.807) is 0 Å². The third kappa shape index (κ3) is 6.62. The van der Waals surface area contributed by atoms with Crippen LogP contribution in [0, 0.1) is 6.07 Å². The minimum Gasteiger partial charge on any atom is -0.296 e. The third-order valence-electron chi connectivity index (χ3n) is 14.7. The van der Waals surface area contributed by atoms with Crippen molar-refractivity contribution in [1.82, 2.24) is 4.98 Å². The standard InChI is InChI=1S/C61H56N.Ir/c1-5-7-9-11-20-40-34-41(21-12-10-8-6-2)36-44(35-40)42-30-32-48-49-33-31-43(38-56(49)61(55(48)37-42)52-26-17-14-22-45(52)46-23-15-18-27-53(46)61)58-39-50-47-24-13-16-25-51(47)60(3,4)54-28-19-29-57(62-58)59(50)54;/h13-19,22-30,32-39H,5-12,20-21H2,1-4H3;/q-1;. The quantitative estimate of drug-likeness (QED) is 0.0878. The molecule has 8 aromatic rings. The van der Waals surface area contributed by atoms with Crippen molar-refractivity contribution in [1.29, 1.82) is 0 Å². The summed E-state index contributed by atoms with van der Waals surface area (Å²) in [7, 11) is 0. The van der Waals surface area contributed by atoms with E-state index in [-0.39, 0.29) is 25.5 Å². The molecule has 0 aliphatic heterocycles. The van der Waals surface area contributed by atoms with Gasteiger partial charge in [0.15, 0.2) is 0 Å². The Bertz CT molecular complexity index is 2960. The van der Waals surface area contributed by atoms with E-state index in [0.717, 1.165) is 29.6 Å². The molecule has 7 aromatic carbocycles. The van der Waals surface area contributed by atoms with Gasteiger partial charge in [0.2, 0.25) is 0 Å². The molecule has 0 bridgehead atoms. The summed E-state index contributed by atoms with van der Waals surface area (Å²) in [5, 5.41) is 1.27. The van der Waals surface area contributed by atoms with Gasteiger partial charge in [-0.25, -0.2) is 0 Å². The second kappa shape index (κ2) is 16.6. The first-order chi connectivity index (χ1) is 30.4. The number of rotatable bonds is 12. The van der Waals surface area contributed by atoms with Gasteiger partial charge in [-0.15, -0.1) is 29.3 Å². The van der Waals surface area contributed by atoms with Crippen LogP contribution in [0.4, 0.5) is 0 Å². The molecule has 0 N–H and O–H groups in total. The number of aromatic nitrogens is 1. The maximum absolute atomic E-state index is 5.47. The van der Waals surface area contributed by atoms with Crippen LogP contribution in [0.2, 0.25) is 0 Å². The van der Waals surface area contributed by atoms with Gasteiger partial charge in [0, 0.05) is 30.9 Å². The number of aryl methyl sites for hydroxylation is 2. The summed E-state index contributed by atoms with van der Waals surface area (Å²) in [6.07, 6.45) is 12.5. The summed E-state index contributed by atoms with van der Waals surface area (Å²) in [4.78, 5) is 5.47. The van der Waals surface area contributed by atoms with E-state index < -0.39 is 5.41 Å². The predicted molar refractivity (Wildman–Crippen MR) is 261 cm³/mol. The van der Waals surface area contributed by atoms with E-state index >= 15 is 0 Å². The first-order valence-corrected chi connectivity index (χ1v) is 23.5. The summed E-state index contributed by atoms with van der Waals surface area (Å²) in [6.45, 7) is 9.31. The van der Waals surface area contributed by atoms with Crippen molar-refractivity contribution >= 4 is 10.9 Å². The molecule has 1 nitrogen and oxygen atoms in total. The van der Waals surface area contributed by atoms with Crippen molar-refractivity contribution in [2.45, 2.75) is 103 Å². The van der Waals surface area contributed by atoms with Crippen molar-refractivity contribution in [3.05, 3.63) is 196 Å². The topological polar surface area (TPSA) is 12.9 Å². The van der Waals surface area contributed by atoms with Crippen LogP contribution in [-0.2, 0) is 43.8 Å². The molecule has 0 fully saturated rings. The van der Waals surface area contributed by atoms with Crippen molar-refractivity contribution in [3.63, 3.8) is 0 Å². The van der Waals surface area contributed by atoms with E-state index in [9.17, 15) is 0 Å². The molecule has 0 unspecified atom stereocenters. The monoisotopic (exact) mass is 995 g/mol. The van der Waals surface area contributed by atoms with Gasteiger partial charge in [-0.2, -0.15) is 0 Å². The van der Waals surface area contributed by atoms with Crippen molar-refractivity contribution in [3.8, 4) is 55.8 Å². The van der Waals surface area contributed by atoms with Gasteiger partial charge in [0.1, 0.15) is 0 Å². The fourth-order valence-electron chi connectivity index (χ4n) is 11.7. The van der Waals surface area contributed by atoms with Crippen LogP contribution in [0.1, 0.15) is 124 Å². The van der Waals surface area contributed by atoms with Gasteiger partial charge >= 0.3 is 0 Å². The number of pyridine rings is 1. The summed E-state index contributed by atoms with van der Waals surface area (Å²) in [6, 6.07) is 59.8. The minimum atomic E-state index is -0.479. The average Bonchev–Trinajstić information content (AvgIpc) is 3.77. The van der Waals surface area contributed by atoms with Crippen molar-refractivity contribution < 1.29 is 20.1 Å². The maximum atomic E-state index is 5.47. The molecule has 3 aliphatic carbocycles. The average molecular weight is 995 g/mol. The number of unbranched alkanes of at least 4 members (excludes halogenated alkanes) is 6. The zero-order valence-corrected chi connectivity index (χ0v) is 39.6. The number of hydrogen-bond donors (Lipinski definition) is 0. The minimum absolute atomic E-state index is 0. The zero-order valence-electron chi connectivity index (χ0n) is 37.2. The first-order valence-electron chi connectivity index (χ1n) is 23.5. The Morgan fingerprint density at radius 3 is 1.68 bits per heavy atom. The first kappa shape index (κ1) is 41.6. The molecule has 3 aliphatic rings. The fourth-order valence-corrected chi connectivity index (χ4v) is 11.7. The van der Waals surface area contributed by atoms with Crippen LogP contribution in [0.3, 0.4) is 0 Å². The summed E-state index contributed by atoms with van der Waals surface area (Å²) >= 11 is 0. The fraction of sp³-hybridized carbons (Fsp3) is 0.262. The molecular formula is C61H56IrN-. The molecule has 63 heavy (non-hydrogen) atoms. The zero-order chi connectivity index (χ0) is 42.0. The predicted octanol–water partition coefficient (Wildman–Crippen LogP) is 16.3. The molecule has 0 saturated heterocycles. The molecule has 1 radical (unpaired) electrons. The smallest absolute Gasteiger partial charge is 0.0604 e. The summed E-state index contributed by atoms with van der Waals surface area (Å²) < 4.78 is 0. The molecule has 2 heteroatoms. The summed E-state index contributed by atoms with van der Waals surface area (Å²) in [5.41, 5.74) is 24.0. The van der Waals surface area contributed by atoms with E-state index in [2.05, 4.69) is 179 Å². The third-order valence-corrected chi connectivity index (χ3v) is 14.7. The van der Waals surface area contributed by atoms with Crippen molar-refractivity contribution in [2.24, 2.45) is 0 Å². The summed E-state index contributed by atoms with van der Waals surface area (Å²) in [5.74, 6) is 0. The Morgan fingerprint density at radius 1 is 0.460 bits per heavy atom. The number of benzene rings is 7. The second-order valence-corrected chi connectivity index (χ2v) is 18.9. The number of fused-ring (bicyclic) bond motifs is 12. The van der Waals surface area contributed by atoms with E-state index in [0.29, 0.717) is 0 Å². The van der Waals surface area contributed by atoms with Gasteiger partial charge in [-0.1, -0.05) is 199 Å². The van der Waals surface area contributed by atoms with Crippen LogP contribution in [-0.4, -0.2) is 4.98 Å². The Hall–Kier alpha value is -5.40. The van der Waals surface area contributed by atoms with Crippen molar-refractivity contribution in [2.75, 3.05) is 0 Å². The Balaban J connectivity index is 0.00000471. The van der Waals surface area contributed by atoms with E-state index in [1.807, 2.05) is 0 Å². The van der Waals surface area contributed by atoms with Crippen LogP contribution < -0.4 is 0 Å². The van der Waals surface area contributed by atoms with E-state index in [1.165, 1.54) is 146 Å². The largest absolute Gasteiger partial charge is 0.296 e. The molecule has 1 spiro atoms. The Kier molecular flexibility index (Phi) is 11.0. The van der Waals surface area contributed by atoms with Crippen LogP contribution in [0.15, 0.2) is 146 Å². The number of nitrogens with zero attached hydrogens (tertiary/aromatic N) is 1. The van der Waals surface area contributed by atoms with E-state index in [4.69, 9.17) is 4.98 Å². The van der Waals surface area contributed by atoms with Crippen LogP contribution in [0.5, 0.6) is 0 Å². The van der Waals surface area contributed by atoms with Gasteiger partial charge < -0.3 is 0 Å². The number of hydrogen-bond acceptors (Lipinski definition) is 1. The molecular weight excluding hydrogens is 939 g/mol. The Labute approximate surface area is 388 Å². The normalized spacial score (nSPS) is 14.2. The molecule has 0 atom stereocenters. The van der Waals surface area contributed by atoms with Crippen LogP contribution in [0.25, 0.3) is 66.7 Å². The molecule has 1 aromatic heterocycles. The van der Waals surface area contributed by atoms with Crippen LogP contribution >= 0.6 is 0 Å². The second-order valence-electron chi connectivity index (χ2n) is 18.9. The van der Waals surface area contributed by atoms with Gasteiger partial charge in [0.25, 0.3) is 0 Å². The molecule has 0 saturated carbocycles.